The van der Waals surface area contributed by atoms with Gasteiger partial charge in [0.2, 0.25) is 0 Å². The van der Waals surface area contributed by atoms with Gasteiger partial charge >= 0.3 is 6.09 Å². The number of hydrogen-bond donors (Lipinski definition) is 2. The molecule has 0 aliphatic heterocycles. The Morgan fingerprint density at radius 3 is 2.39 bits per heavy atom. The van der Waals surface area contributed by atoms with Gasteiger partial charge in [-0.3, -0.25) is 5.32 Å². The number of halogens is 2. The van der Waals surface area contributed by atoms with Gasteiger partial charge in [0.1, 0.15) is 11.4 Å². The van der Waals surface area contributed by atoms with Gasteiger partial charge in [0.05, 0.1) is 12.6 Å². The molecule has 0 saturated heterocycles. The van der Waals surface area contributed by atoms with Crippen molar-refractivity contribution in [3.05, 3.63) is 23.8 Å². The highest BCUT2D eigenvalue weighted by molar-refractivity contribution is 5.85. The summed E-state index contributed by atoms with van der Waals surface area (Å²) in [4.78, 5) is 11.8. The summed E-state index contributed by atoms with van der Waals surface area (Å²) < 4.78 is 36.7. The SMILES string of the molecule is COc1cc(NC(=O)OC(C)(C)C)ccc1C1(N)CC(F)(F)C1. The van der Waals surface area contributed by atoms with E-state index < -0.39 is 36.0 Å². The fourth-order valence-corrected chi connectivity index (χ4v) is 2.66. The first-order chi connectivity index (χ1) is 10.4. The van der Waals surface area contributed by atoms with Gasteiger partial charge in [-0.05, 0) is 26.8 Å². The van der Waals surface area contributed by atoms with Gasteiger partial charge in [0, 0.05) is 30.2 Å². The Bertz CT molecular complexity index is 604. The van der Waals surface area contributed by atoms with Crippen LogP contribution in [0.15, 0.2) is 18.2 Å². The second-order valence-corrected chi connectivity index (χ2v) is 6.91. The van der Waals surface area contributed by atoms with E-state index in [4.69, 9.17) is 15.2 Å². The number of nitrogens with two attached hydrogens (primary N) is 1. The van der Waals surface area contributed by atoms with Crippen LogP contribution in [-0.2, 0) is 10.3 Å². The minimum Gasteiger partial charge on any atom is -0.496 e. The fourth-order valence-electron chi connectivity index (χ4n) is 2.66. The van der Waals surface area contributed by atoms with E-state index in [1.54, 1.807) is 39.0 Å². The number of rotatable bonds is 3. The van der Waals surface area contributed by atoms with Gasteiger partial charge in [0.25, 0.3) is 5.92 Å². The van der Waals surface area contributed by atoms with Crippen LogP contribution in [0.4, 0.5) is 19.3 Å². The Kier molecular flexibility index (Phi) is 4.28. The Labute approximate surface area is 134 Å². The van der Waals surface area contributed by atoms with E-state index in [9.17, 15) is 13.6 Å². The highest BCUT2D eigenvalue weighted by atomic mass is 19.3. The van der Waals surface area contributed by atoms with Crippen LogP contribution in [0.5, 0.6) is 5.75 Å². The molecule has 5 nitrogen and oxygen atoms in total. The molecular weight excluding hydrogens is 306 g/mol. The lowest BCUT2D eigenvalue weighted by atomic mass is 9.69. The van der Waals surface area contributed by atoms with Gasteiger partial charge in [-0.2, -0.15) is 0 Å². The van der Waals surface area contributed by atoms with E-state index in [1.165, 1.54) is 7.11 Å². The third kappa shape index (κ3) is 4.10. The van der Waals surface area contributed by atoms with Crippen molar-refractivity contribution in [3.8, 4) is 5.75 Å². The molecule has 0 atom stereocenters. The maximum absolute atomic E-state index is 13.2. The molecule has 0 aromatic heterocycles. The van der Waals surface area contributed by atoms with Crippen LogP contribution in [0.25, 0.3) is 0 Å². The second kappa shape index (κ2) is 5.63. The minimum absolute atomic E-state index is 0.358. The zero-order chi connectivity index (χ0) is 17.5. The number of anilines is 1. The maximum Gasteiger partial charge on any atom is 0.412 e. The van der Waals surface area contributed by atoms with Crippen molar-refractivity contribution < 1.29 is 23.0 Å². The van der Waals surface area contributed by atoms with Crippen molar-refractivity contribution in [2.75, 3.05) is 12.4 Å². The van der Waals surface area contributed by atoms with Crippen LogP contribution < -0.4 is 15.8 Å². The molecule has 23 heavy (non-hydrogen) atoms. The molecule has 1 aromatic carbocycles. The zero-order valence-corrected chi connectivity index (χ0v) is 13.7. The number of carbonyl (C=O) groups excluding carboxylic acids is 1. The number of ether oxygens (including phenoxy) is 2. The van der Waals surface area contributed by atoms with Crippen molar-refractivity contribution >= 4 is 11.8 Å². The summed E-state index contributed by atoms with van der Waals surface area (Å²) in [5, 5.41) is 2.57. The predicted octanol–water partition coefficient (Wildman–Crippen LogP) is 3.63. The molecule has 1 aromatic rings. The molecule has 3 N–H and O–H groups in total. The molecule has 1 saturated carbocycles. The molecule has 7 heteroatoms. The third-order valence-electron chi connectivity index (χ3n) is 3.53. The van der Waals surface area contributed by atoms with Crippen LogP contribution in [0.3, 0.4) is 0 Å². The number of nitrogens with one attached hydrogen (secondary N) is 1. The molecule has 128 valence electrons. The molecule has 0 bridgehead atoms. The van der Waals surface area contributed by atoms with Crippen LogP contribution in [0, 0.1) is 0 Å². The average Bonchev–Trinajstić information content (AvgIpc) is 2.33. The first kappa shape index (κ1) is 17.5. The molecule has 1 aliphatic rings. The molecule has 1 amide bonds. The predicted molar refractivity (Wildman–Crippen MR) is 82.9 cm³/mol. The zero-order valence-electron chi connectivity index (χ0n) is 13.7. The normalized spacial score (nSPS) is 18.7. The summed E-state index contributed by atoms with van der Waals surface area (Å²) in [6.45, 7) is 5.27. The summed E-state index contributed by atoms with van der Waals surface area (Å²) >= 11 is 0. The summed E-state index contributed by atoms with van der Waals surface area (Å²) in [5.74, 6) is -2.38. The highest BCUT2D eigenvalue weighted by Gasteiger charge is 2.56. The summed E-state index contributed by atoms with van der Waals surface area (Å²) in [6.07, 6.45) is -1.45. The van der Waals surface area contributed by atoms with E-state index in [0.29, 0.717) is 17.0 Å². The first-order valence-electron chi connectivity index (χ1n) is 7.29. The lowest BCUT2D eigenvalue weighted by Crippen LogP contribution is -2.55. The van der Waals surface area contributed by atoms with Crippen molar-refractivity contribution in [1.82, 2.24) is 0 Å². The monoisotopic (exact) mass is 328 g/mol. The standard InChI is InChI=1S/C16H22F2N2O3/c1-14(2,3)23-13(21)20-10-5-6-11(12(7-10)22-4)15(19)8-16(17,18)9-15/h5-7H,8-9,19H2,1-4H3,(H,20,21). The average molecular weight is 328 g/mol. The van der Waals surface area contributed by atoms with E-state index in [0.717, 1.165) is 0 Å². The molecule has 0 spiro atoms. The van der Waals surface area contributed by atoms with Crippen molar-refractivity contribution in [3.63, 3.8) is 0 Å². The molecule has 0 radical (unpaired) electrons. The van der Waals surface area contributed by atoms with Crippen LogP contribution in [-0.4, -0.2) is 24.7 Å². The molecule has 0 heterocycles. The van der Waals surface area contributed by atoms with E-state index in [1.807, 2.05) is 0 Å². The Balaban J connectivity index is 2.16. The Morgan fingerprint density at radius 1 is 1.30 bits per heavy atom. The summed E-state index contributed by atoms with van der Waals surface area (Å²) in [6, 6.07) is 4.73. The smallest absolute Gasteiger partial charge is 0.412 e. The van der Waals surface area contributed by atoms with Crippen LogP contribution in [0.2, 0.25) is 0 Å². The quantitative estimate of drug-likeness (QED) is 0.889. The van der Waals surface area contributed by atoms with Crippen LogP contribution in [0.1, 0.15) is 39.2 Å². The van der Waals surface area contributed by atoms with Gasteiger partial charge in [0.15, 0.2) is 0 Å². The molecule has 0 unspecified atom stereocenters. The lowest BCUT2D eigenvalue weighted by Gasteiger charge is -2.45. The number of hydrogen-bond acceptors (Lipinski definition) is 4. The van der Waals surface area contributed by atoms with Crippen molar-refractivity contribution in [2.24, 2.45) is 5.73 Å². The fraction of sp³-hybridized carbons (Fsp3) is 0.562. The van der Waals surface area contributed by atoms with E-state index >= 15 is 0 Å². The van der Waals surface area contributed by atoms with Crippen LogP contribution >= 0.6 is 0 Å². The molecule has 2 rings (SSSR count). The topological polar surface area (TPSA) is 73.6 Å². The van der Waals surface area contributed by atoms with Gasteiger partial charge < -0.3 is 15.2 Å². The number of amides is 1. The second-order valence-electron chi connectivity index (χ2n) is 6.91. The number of carbonyl (C=O) groups is 1. The number of methoxy groups -OCH3 is 1. The molecule has 1 aliphatic carbocycles. The Morgan fingerprint density at radius 2 is 1.91 bits per heavy atom. The number of benzene rings is 1. The molecular formula is C16H22F2N2O3. The summed E-state index contributed by atoms with van der Waals surface area (Å²) in [7, 11) is 1.43. The van der Waals surface area contributed by atoms with Gasteiger partial charge in [-0.25, -0.2) is 13.6 Å². The lowest BCUT2D eigenvalue weighted by molar-refractivity contribution is -0.125. The highest BCUT2D eigenvalue weighted by Crippen LogP contribution is 2.52. The summed E-state index contributed by atoms with van der Waals surface area (Å²) in [5.41, 5.74) is 5.25. The van der Waals surface area contributed by atoms with Gasteiger partial charge in [-0.1, -0.05) is 6.07 Å². The van der Waals surface area contributed by atoms with Crippen molar-refractivity contribution in [2.45, 2.75) is 50.7 Å². The molecule has 1 fully saturated rings. The van der Waals surface area contributed by atoms with Gasteiger partial charge in [-0.15, -0.1) is 0 Å². The third-order valence-corrected chi connectivity index (χ3v) is 3.53. The van der Waals surface area contributed by atoms with E-state index in [-0.39, 0.29) is 0 Å². The van der Waals surface area contributed by atoms with Crippen molar-refractivity contribution in [1.29, 1.82) is 0 Å². The Hall–Kier alpha value is -1.89. The maximum atomic E-state index is 13.2. The number of alkyl halides is 2. The first-order valence-corrected chi connectivity index (χ1v) is 7.29. The largest absolute Gasteiger partial charge is 0.496 e. The van der Waals surface area contributed by atoms with E-state index in [2.05, 4.69) is 5.32 Å². The minimum atomic E-state index is -2.74.